The van der Waals surface area contributed by atoms with Gasteiger partial charge in [0.1, 0.15) is 0 Å². The Morgan fingerprint density at radius 1 is 1.22 bits per heavy atom. The summed E-state index contributed by atoms with van der Waals surface area (Å²) < 4.78 is 0. The van der Waals surface area contributed by atoms with Crippen molar-refractivity contribution in [2.75, 3.05) is 32.7 Å². The minimum Gasteiger partial charge on any atom is -0.392 e. The predicted molar refractivity (Wildman–Crippen MR) is 75.7 cm³/mol. The molecule has 2 aliphatic rings. The van der Waals surface area contributed by atoms with E-state index in [1.54, 1.807) is 0 Å². The fourth-order valence-corrected chi connectivity index (χ4v) is 3.65. The Hall–Kier alpha value is -0.120. The Morgan fingerprint density at radius 3 is 2.56 bits per heavy atom. The van der Waals surface area contributed by atoms with E-state index >= 15 is 0 Å². The van der Waals surface area contributed by atoms with Gasteiger partial charge in [0.15, 0.2) is 0 Å². The highest BCUT2D eigenvalue weighted by Gasteiger charge is 2.28. The molecule has 1 saturated carbocycles. The van der Waals surface area contributed by atoms with Gasteiger partial charge < -0.3 is 10.0 Å². The van der Waals surface area contributed by atoms with Gasteiger partial charge in [-0.25, -0.2) is 0 Å². The second kappa shape index (κ2) is 6.88. The van der Waals surface area contributed by atoms with Crippen LogP contribution in [0.2, 0.25) is 0 Å². The standard InChI is InChI=1S/C15H30N2O/c1-3-15-12-16(11-14-6-4-5-7-14)8-9-17(15)10-13(2)18/h13-15,18H,3-12H2,1-2H3. The van der Waals surface area contributed by atoms with Gasteiger partial charge in [0.05, 0.1) is 6.10 Å². The van der Waals surface area contributed by atoms with E-state index in [1.807, 2.05) is 6.92 Å². The van der Waals surface area contributed by atoms with Crippen molar-refractivity contribution in [2.24, 2.45) is 5.92 Å². The van der Waals surface area contributed by atoms with Crippen LogP contribution in [-0.4, -0.2) is 59.8 Å². The molecular weight excluding hydrogens is 224 g/mol. The lowest BCUT2D eigenvalue weighted by Crippen LogP contribution is -2.55. The normalized spacial score (nSPS) is 29.8. The molecule has 1 saturated heterocycles. The molecule has 1 aliphatic carbocycles. The monoisotopic (exact) mass is 254 g/mol. The maximum Gasteiger partial charge on any atom is 0.0639 e. The molecule has 0 aromatic carbocycles. The maximum atomic E-state index is 9.56. The summed E-state index contributed by atoms with van der Waals surface area (Å²) in [6.45, 7) is 9.88. The van der Waals surface area contributed by atoms with Crippen molar-refractivity contribution in [1.29, 1.82) is 0 Å². The summed E-state index contributed by atoms with van der Waals surface area (Å²) in [5.74, 6) is 0.964. The molecule has 2 rings (SSSR count). The molecule has 1 heterocycles. The first-order valence-corrected chi connectivity index (χ1v) is 7.83. The van der Waals surface area contributed by atoms with E-state index in [2.05, 4.69) is 16.7 Å². The zero-order chi connectivity index (χ0) is 13.0. The number of nitrogens with zero attached hydrogens (tertiary/aromatic N) is 2. The van der Waals surface area contributed by atoms with Gasteiger partial charge in [-0.15, -0.1) is 0 Å². The molecule has 0 aromatic heterocycles. The van der Waals surface area contributed by atoms with Crippen molar-refractivity contribution >= 4 is 0 Å². The van der Waals surface area contributed by atoms with Crippen molar-refractivity contribution in [2.45, 2.75) is 58.1 Å². The smallest absolute Gasteiger partial charge is 0.0639 e. The Balaban J connectivity index is 1.79. The van der Waals surface area contributed by atoms with Crippen molar-refractivity contribution in [3.63, 3.8) is 0 Å². The van der Waals surface area contributed by atoms with E-state index in [-0.39, 0.29) is 6.10 Å². The van der Waals surface area contributed by atoms with Gasteiger partial charge in [0.25, 0.3) is 0 Å². The number of aliphatic hydroxyl groups excluding tert-OH is 1. The van der Waals surface area contributed by atoms with E-state index in [9.17, 15) is 5.11 Å². The molecule has 3 heteroatoms. The molecule has 106 valence electrons. The van der Waals surface area contributed by atoms with E-state index in [4.69, 9.17) is 0 Å². The summed E-state index contributed by atoms with van der Waals surface area (Å²) in [6.07, 6.45) is 6.80. The van der Waals surface area contributed by atoms with E-state index < -0.39 is 0 Å². The van der Waals surface area contributed by atoms with Crippen LogP contribution < -0.4 is 0 Å². The number of hydrogen-bond donors (Lipinski definition) is 1. The average molecular weight is 254 g/mol. The Labute approximate surface area is 112 Å². The first kappa shape index (κ1) is 14.3. The molecule has 18 heavy (non-hydrogen) atoms. The molecular formula is C15H30N2O. The fourth-order valence-electron chi connectivity index (χ4n) is 3.65. The Morgan fingerprint density at radius 2 is 1.94 bits per heavy atom. The SMILES string of the molecule is CCC1CN(CC2CCCC2)CCN1CC(C)O. The quantitative estimate of drug-likeness (QED) is 0.812. The third kappa shape index (κ3) is 3.94. The van der Waals surface area contributed by atoms with Gasteiger partial charge >= 0.3 is 0 Å². The minimum absolute atomic E-state index is 0.194. The average Bonchev–Trinajstić information content (AvgIpc) is 2.83. The summed E-state index contributed by atoms with van der Waals surface area (Å²) in [7, 11) is 0. The molecule has 2 unspecified atom stereocenters. The molecule has 1 N–H and O–H groups in total. The van der Waals surface area contributed by atoms with Crippen LogP contribution in [0.5, 0.6) is 0 Å². The summed E-state index contributed by atoms with van der Waals surface area (Å²) in [4.78, 5) is 5.15. The van der Waals surface area contributed by atoms with Crippen LogP contribution in [0.25, 0.3) is 0 Å². The first-order valence-electron chi connectivity index (χ1n) is 7.83. The van der Waals surface area contributed by atoms with E-state index in [0.29, 0.717) is 6.04 Å². The Bertz CT molecular complexity index is 239. The summed E-state index contributed by atoms with van der Waals surface area (Å²) in [5.41, 5.74) is 0. The summed E-state index contributed by atoms with van der Waals surface area (Å²) in [5, 5.41) is 9.56. The highest BCUT2D eigenvalue weighted by Crippen LogP contribution is 2.26. The van der Waals surface area contributed by atoms with Gasteiger partial charge in [-0.05, 0) is 32.1 Å². The number of piperazine rings is 1. The number of aliphatic hydroxyl groups is 1. The lowest BCUT2D eigenvalue weighted by atomic mass is 10.0. The van der Waals surface area contributed by atoms with Crippen molar-refractivity contribution in [3.8, 4) is 0 Å². The lowest BCUT2D eigenvalue weighted by Gasteiger charge is -2.42. The minimum atomic E-state index is -0.194. The van der Waals surface area contributed by atoms with Crippen LogP contribution in [0.3, 0.4) is 0 Å². The van der Waals surface area contributed by atoms with Crippen molar-refractivity contribution < 1.29 is 5.11 Å². The molecule has 0 amide bonds. The van der Waals surface area contributed by atoms with Crippen molar-refractivity contribution in [3.05, 3.63) is 0 Å². The van der Waals surface area contributed by atoms with Gasteiger partial charge in [-0.3, -0.25) is 4.90 Å². The van der Waals surface area contributed by atoms with Gasteiger partial charge in [0.2, 0.25) is 0 Å². The number of β-amino-alcohol motifs (C(OH)–C–C–N with tert-alkyl or cyclic N) is 1. The second-order valence-electron chi connectivity index (χ2n) is 6.32. The lowest BCUT2D eigenvalue weighted by molar-refractivity contribution is 0.0313. The number of rotatable bonds is 5. The van der Waals surface area contributed by atoms with Crippen molar-refractivity contribution in [1.82, 2.24) is 9.80 Å². The molecule has 0 radical (unpaired) electrons. The summed E-state index contributed by atoms with van der Waals surface area (Å²) >= 11 is 0. The third-order valence-corrected chi connectivity index (χ3v) is 4.65. The molecule has 2 fully saturated rings. The van der Waals surface area contributed by atoms with Crippen LogP contribution in [0.15, 0.2) is 0 Å². The molecule has 0 bridgehead atoms. The van der Waals surface area contributed by atoms with Crippen LogP contribution >= 0.6 is 0 Å². The first-order chi connectivity index (χ1) is 8.69. The highest BCUT2D eigenvalue weighted by molar-refractivity contribution is 4.84. The molecule has 2 atom stereocenters. The largest absolute Gasteiger partial charge is 0.392 e. The molecule has 0 spiro atoms. The molecule has 1 aliphatic heterocycles. The molecule has 3 nitrogen and oxygen atoms in total. The second-order valence-corrected chi connectivity index (χ2v) is 6.32. The van der Waals surface area contributed by atoms with Crippen LogP contribution in [0, 0.1) is 5.92 Å². The van der Waals surface area contributed by atoms with Gasteiger partial charge in [-0.2, -0.15) is 0 Å². The zero-order valence-corrected chi connectivity index (χ0v) is 12.1. The zero-order valence-electron chi connectivity index (χ0n) is 12.1. The Kier molecular flexibility index (Phi) is 5.46. The highest BCUT2D eigenvalue weighted by atomic mass is 16.3. The third-order valence-electron chi connectivity index (χ3n) is 4.65. The summed E-state index contributed by atoms with van der Waals surface area (Å²) in [6, 6.07) is 0.648. The van der Waals surface area contributed by atoms with Crippen LogP contribution in [-0.2, 0) is 0 Å². The molecule has 0 aromatic rings. The van der Waals surface area contributed by atoms with E-state index in [1.165, 1.54) is 51.7 Å². The predicted octanol–water partition coefficient (Wildman–Crippen LogP) is 1.95. The van der Waals surface area contributed by atoms with E-state index in [0.717, 1.165) is 19.0 Å². The maximum absolute atomic E-state index is 9.56. The fraction of sp³-hybridized carbons (Fsp3) is 1.00. The topological polar surface area (TPSA) is 26.7 Å². The van der Waals surface area contributed by atoms with Gasteiger partial charge in [0, 0.05) is 38.8 Å². The van der Waals surface area contributed by atoms with Gasteiger partial charge in [-0.1, -0.05) is 19.8 Å². The van der Waals surface area contributed by atoms with Crippen LogP contribution in [0.1, 0.15) is 46.0 Å². The number of hydrogen-bond acceptors (Lipinski definition) is 3. The van der Waals surface area contributed by atoms with Crippen LogP contribution in [0.4, 0.5) is 0 Å².